The van der Waals surface area contributed by atoms with Crippen molar-refractivity contribution in [1.82, 2.24) is 24.4 Å². The molecule has 0 radical (unpaired) electrons. The van der Waals surface area contributed by atoms with Gasteiger partial charge in [-0.15, -0.1) is 0 Å². The standard InChI is InChI=1S/C23H34N8/c1-15(2)31-14-25-20-21(26-18-7-5-6-16(12-18)13-24)28-23(29-22(20)31)27-17-8-10-19(11-9-17)30(3)4/h5-7,12,14-15,17,19H,8-11,13,24H2,1-4H3,(H2,26,27,28,29). The van der Waals surface area contributed by atoms with Crippen molar-refractivity contribution >= 4 is 28.6 Å². The summed E-state index contributed by atoms with van der Waals surface area (Å²) in [6.07, 6.45) is 6.46. The zero-order valence-electron chi connectivity index (χ0n) is 19.0. The van der Waals surface area contributed by atoms with Crippen LogP contribution in [0.4, 0.5) is 17.5 Å². The van der Waals surface area contributed by atoms with Crippen molar-refractivity contribution in [3.63, 3.8) is 0 Å². The van der Waals surface area contributed by atoms with Crippen molar-refractivity contribution < 1.29 is 0 Å². The highest BCUT2D eigenvalue weighted by molar-refractivity contribution is 5.86. The summed E-state index contributed by atoms with van der Waals surface area (Å²) < 4.78 is 2.09. The Bertz CT molecular complexity index is 1020. The lowest BCUT2D eigenvalue weighted by Gasteiger charge is -2.33. The minimum absolute atomic E-state index is 0.261. The largest absolute Gasteiger partial charge is 0.351 e. The first-order valence-electron chi connectivity index (χ1n) is 11.2. The first-order chi connectivity index (χ1) is 14.9. The van der Waals surface area contributed by atoms with Crippen molar-refractivity contribution in [2.75, 3.05) is 24.7 Å². The molecule has 4 N–H and O–H groups in total. The van der Waals surface area contributed by atoms with E-state index in [2.05, 4.69) is 53.0 Å². The summed E-state index contributed by atoms with van der Waals surface area (Å²) >= 11 is 0. The first kappa shape index (κ1) is 21.5. The molecular formula is C23H34N8. The molecule has 2 aromatic heterocycles. The van der Waals surface area contributed by atoms with Crippen LogP contribution in [-0.2, 0) is 6.54 Å². The fourth-order valence-electron chi connectivity index (χ4n) is 4.28. The molecule has 2 heterocycles. The van der Waals surface area contributed by atoms with E-state index < -0.39 is 0 Å². The molecule has 8 nitrogen and oxygen atoms in total. The minimum atomic E-state index is 0.261. The van der Waals surface area contributed by atoms with E-state index in [1.165, 1.54) is 12.8 Å². The van der Waals surface area contributed by atoms with Crippen LogP contribution in [0.25, 0.3) is 11.2 Å². The van der Waals surface area contributed by atoms with Gasteiger partial charge in [-0.25, -0.2) is 4.98 Å². The second-order valence-corrected chi connectivity index (χ2v) is 8.96. The SMILES string of the molecule is CC(C)n1cnc2c(Nc3cccc(CN)c3)nc(NC3CCC(N(C)C)CC3)nc21. The molecule has 166 valence electrons. The van der Waals surface area contributed by atoms with Gasteiger partial charge in [-0.2, -0.15) is 9.97 Å². The van der Waals surface area contributed by atoms with Crippen LogP contribution in [0.2, 0.25) is 0 Å². The summed E-state index contributed by atoms with van der Waals surface area (Å²) in [5.41, 5.74) is 9.44. The van der Waals surface area contributed by atoms with E-state index in [0.29, 0.717) is 30.4 Å². The first-order valence-corrected chi connectivity index (χ1v) is 11.2. The van der Waals surface area contributed by atoms with Crippen LogP contribution in [0.15, 0.2) is 30.6 Å². The number of nitrogens with two attached hydrogens (primary N) is 1. The maximum Gasteiger partial charge on any atom is 0.227 e. The fourth-order valence-corrected chi connectivity index (χ4v) is 4.28. The number of nitrogens with zero attached hydrogens (tertiary/aromatic N) is 5. The second kappa shape index (κ2) is 9.20. The summed E-state index contributed by atoms with van der Waals surface area (Å²) in [4.78, 5) is 16.6. The molecule has 0 unspecified atom stereocenters. The van der Waals surface area contributed by atoms with Crippen LogP contribution in [0.3, 0.4) is 0 Å². The number of hydrogen-bond donors (Lipinski definition) is 3. The van der Waals surface area contributed by atoms with Crippen molar-refractivity contribution in [1.29, 1.82) is 0 Å². The van der Waals surface area contributed by atoms with E-state index in [9.17, 15) is 0 Å². The number of anilines is 3. The van der Waals surface area contributed by atoms with E-state index in [-0.39, 0.29) is 6.04 Å². The van der Waals surface area contributed by atoms with Gasteiger partial charge >= 0.3 is 0 Å². The Kier molecular flexibility index (Phi) is 6.38. The number of hydrogen-bond acceptors (Lipinski definition) is 7. The average molecular weight is 423 g/mol. The van der Waals surface area contributed by atoms with Crippen molar-refractivity contribution in [2.45, 2.75) is 64.2 Å². The van der Waals surface area contributed by atoms with Crippen LogP contribution >= 0.6 is 0 Å². The molecular weight excluding hydrogens is 388 g/mol. The highest BCUT2D eigenvalue weighted by atomic mass is 15.2. The molecule has 8 heteroatoms. The van der Waals surface area contributed by atoms with Gasteiger partial charge in [-0.05, 0) is 71.3 Å². The minimum Gasteiger partial charge on any atom is -0.351 e. The van der Waals surface area contributed by atoms with Crippen LogP contribution in [0, 0.1) is 0 Å². The smallest absolute Gasteiger partial charge is 0.227 e. The molecule has 31 heavy (non-hydrogen) atoms. The molecule has 1 aliphatic carbocycles. The van der Waals surface area contributed by atoms with Crippen molar-refractivity contribution in [2.24, 2.45) is 5.73 Å². The van der Waals surface area contributed by atoms with E-state index >= 15 is 0 Å². The zero-order chi connectivity index (χ0) is 22.0. The van der Waals surface area contributed by atoms with Gasteiger partial charge in [-0.1, -0.05) is 12.1 Å². The summed E-state index contributed by atoms with van der Waals surface area (Å²) in [6.45, 7) is 4.77. The van der Waals surface area contributed by atoms with Gasteiger partial charge in [0, 0.05) is 30.4 Å². The molecule has 0 aliphatic heterocycles. The van der Waals surface area contributed by atoms with E-state index in [0.717, 1.165) is 35.3 Å². The predicted molar refractivity (Wildman–Crippen MR) is 127 cm³/mol. The third kappa shape index (κ3) is 4.80. The summed E-state index contributed by atoms with van der Waals surface area (Å²) in [6, 6.07) is 9.39. The molecule has 0 saturated heterocycles. The molecule has 1 aliphatic rings. The van der Waals surface area contributed by atoms with Crippen molar-refractivity contribution in [3.8, 4) is 0 Å². The van der Waals surface area contributed by atoms with Crippen LogP contribution in [0.1, 0.15) is 51.1 Å². The molecule has 4 rings (SSSR count). The summed E-state index contributed by atoms with van der Waals surface area (Å²) in [5.74, 6) is 1.36. The maximum absolute atomic E-state index is 5.81. The number of rotatable bonds is 7. The number of nitrogens with one attached hydrogen (secondary N) is 2. The Morgan fingerprint density at radius 2 is 1.94 bits per heavy atom. The molecule has 1 fully saturated rings. The van der Waals surface area contributed by atoms with Crippen LogP contribution in [-0.4, -0.2) is 50.6 Å². The van der Waals surface area contributed by atoms with Gasteiger partial charge in [0.05, 0.1) is 6.33 Å². The molecule has 0 bridgehead atoms. The Labute approximate surface area is 184 Å². The number of aromatic nitrogens is 4. The molecule has 3 aromatic rings. The van der Waals surface area contributed by atoms with Gasteiger partial charge in [0.25, 0.3) is 0 Å². The van der Waals surface area contributed by atoms with Gasteiger partial charge in [-0.3, -0.25) is 0 Å². The lowest BCUT2D eigenvalue weighted by atomic mass is 9.91. The third-order valence-electron chi connectivity index (χ3n) is 6.16. The molecule has 0 spiro atoms. The van der Waals surface area contributed by atoms with Gasteiger partial charge in [0.1, 0.15) is 0 Å². The van der Waals surface area contributed by atoms with Gasteiger partial charge < -0.3 is 25.8 Å². The summed E-state index contributed by atoms with van der Waals surface area (Å²) in [5, 5.41) is 7.04. The number of imidazole rings is 1. The topological polar surface area (TPSA) is 96.9 Å². The number of benzene rings is 1. The van der Waals surface area contributed by atoms with E-state index in [1.54, 1.807) is 0 Å². The molecule has 1 aromatic carbocycles. The van der Waals surface area contributed by atoms with Crippen LogP contribution in [0.5, 0.6) is 0 Å². The van der Waals surface area contributed by atoms with E-state index in [1.807, 2.05) is 30.6 Å². The molecule has 0 atom stereocenters. The van der Waals surface area contributed by atoms with E-state index in [4.69, 9.17) is 15.7 Å². The highest BCUT2D eigenvalue weighted by Crippen LogP contribution is 2.28. The normalized spacial score (nSPS) is 19.3. The fraction of sp³-hybridized carbons (Fsp3) is 0.522. The summed E-state index contributed by atoms with van der Waals surface area (Å²) in [7, 11) is 4.33. The Morgan fingerprint density at radius 1 is 1.16 bits per heavy atom. The third-order valence-corrected chi connectivity index (χ3v) is 6.16. The van der Waals surface area contributed by atoms with Crippen LogP contribution < -0.4 is 16.4 Å². The predicted octanol–water partition coefficient (Wildman–Crippen LogP) is 3.89. The maximum atomic E-state index is 5.81. The Hall–Kier alpha value is -2.71. The highest BCUT2D eigenvalue weighted by Gasteiger charge is 2.24. The average Bonchev–Trinajstić information content (AvgIpc) is 3.19. The lowest BCUT2D eigenvalue weighted by molar-refractivity contribution is 0.221. The lowest BCUT2D eigenvalue weighted by Crippen LogP contribution is -2.36. The van der Waals surface area contributed by atoms with Gasteiger partial charge in [0.15, 0.2) is 17.0 Å². The Balaban J connectivity index is 1.63. The van der Waals surface area contributed by atoms with Gasteiger partial charge in [0.2, 0.25) is 5.95 Å². The zero-order valence-corrected chi connectivity index (χ0v) is 19.0. The second-order valence-electron chi connectivity index (χ2n) is 8.96. The quantitative estimate of drug-likeness (QED) is 0.531. The number of fused-ring (bicyclic) bond motifs is 1. The molecule has 1 saturated carbocycles. The molecule has 0 amide bonds. The van der Waals surface area contributed by atoms with Crippen molar-refractivity contribution in [3.05, 3.63) is 36.2 Å². The Morgan fingerprint density at radius 3 is 2.61 bits per heavy atom. The monoisotopic (exact) mass is 422 g/mol.